The predicted octanol–water partition coefficient (Wildman–Crippen LogP) is 3.58. The van der Waals surface area contributed by atoms with E-state index in [1.807, 2.05) is 36.4 Å². The first-order chi connectivity index (χ1) is 11.2. The molecule has 3 nitrogen and oxygen atoms in total. The third-order valence-electron chi connectivity index (χ3n) is 4.31. The lowest BCUT2D eigenvalue weighted by atomic mass is 10.00. The van der Waals surface area contributed by atoms with E-state index in [0.717, 1.165) is 28.0 Å². The van der Waals surface area contributed by atoms with E-state index in [1.165, 1.54) is 10.8 Å². The van der Waals surface area contributed by atoms with Crippen LogP contribution in [0.4, 0.5) is 5.69 Å². The lowest BCUT2D eigenvalue weighted by molar-refractivity contribution is 0.266. The zero-order valence-electron chi connectivity index (χ0n) is 12.7. The standard InChI is InChI=1S/C20H18N2O/c21-12-14-6-8-19-17(11-14)18(20(23)22-19)10-13-5-7-15-3-1-2-4-16(15)9-13/h1-11,20,22-23H,12,21H2. The number of anilines is 1. The van der Waals surface area contributed by atoms with Gasteiger partial charge < -0.3 is 16.2 Å². The van der Waals surface area contributed by atoms with Crippen LogP contribution in [0.3, 0.4) is 0 Å². The first-order valence-electron chi connectivity index (χ1n) is 7.73. The quantitative estimate of drug-likeness (QED) is 0.678. The second-order valence-electron chi connectivity index (χ2n) is 5.84. The lowest BCUT2D eigenvalue weighted by Gasteiger charge is -2.07. The van der Waals surface area contributed by atoms with E-state index in [-0.39, 0.29) is 0 Å². The molecule has 0 aromatic heterocycles. The highest BCUT2D eigenvalue weighted by molar-refractivity contribution is 5.95. The number of aliphatic hydroxyl groups is 1. The molecule has 0 fully saturated rings. The third-order valence-corrected chi connectivity index (χ3v) is 4.31. The molecular formula is C20H18N2O. The smallest absolute Gasteiger partial charge is 0.151 e. The first-order valence-corrected chi connectivity index (χ1v) is 7.73. The maximum atomic E-state index is 10.3. The average molecular weight is 302 g/mol. The topological polar surface area (TPSA) is 58.3 Å². The molecule has 4 rings (SSSR count). The van der Waals surface area contributed by atoms with Gasteiger partial charge in [0.2, 0.25) is 0 Å². The Hall–Kier alpha value is -2.62. The fraction of sp³-hybridized carbons (Fsp3) is 0.100. The Morgan fingerprint density at radius 2 is 1.83 bits per heavy atom. The maximum Gasteiger partial charge on any atom is 0.151 e. The number of benzene rings is 3. The minimum Gasteiger partial charge on any atom is -0.369 e. The monoisotopic (exact) mass is 302 g/mol. The summed E-state index contributed by atoms with van der Waals surface area (Å²) in [5.74, 6) is 0. The van der Waals surface area contributed by atoms with Crippen LogP contribution in [0.5, 0.6) is 0 Å². The van der Waals surface area contributed by atoms with Crippen molar-refractivity contribution in [2.45, 2.75) is 12.8 Å². The average Bonchev–Trinajstić information content (AvgIpc) is 2.89. The Morgan fingerprint density at radius 3 is 2.65 bits per heavy atom. The second-order valence-corrected chi connectivity index (χ2v) is 5.84. The Bertz CT molecular complexity index is 914. The number of hydrogen-bond donors (Lipinski definition) is 3. The molecule has 1 heterocycles. The number of nitrogens with one attached hydrogen (secondary N) is 1. The molecule has 0 saturated heterocycles. The van der Waals surface area contributed by atoms with Crippen molar-refractivity contribution in [2.75, 3.05) is 5.32 Å². The van der Waals surface area contributed by atoms with E-state index in [0.29, 0.717) is 6.54 Å². The van der Waals surface area contributed by atoms with Gasteiger partial charge in [-0.3, -0.25) is 0 Å². The van der Waals surface area contributed by atoms with Crippen molar-refractivity contribution in [3.8, 4) is 0 Å². The summed E-state index contributed by atoms with van der Waals surface area (Å²) in [4.78, 5) is 0. The molecule has 0 saturated carbocycles. The molecule has 114 valence electrons. The summed E-state index contributed by atoms with van der Waals surface area (Å²) in [6.07, 6.45) is 1.35. The van der Waals surface area contributed by atoms with Crippen LogP contribution in [0.2, 0.25) is 0 Å². The van der Waals surface area contributed by atoms with Gasteiger partial charge >= 0.3 is 0 Å². The summed E-state index contributed by atoms with van der Waals surface area (Å²) in [5, 5.41) is 15.8. The fourth-order valence-corrected chi connectivity index (χ4v) is 3.09. The van der Waals surface area contributed by atoms with Gasteiger partial charge in [-0.2, -0.15) is 0 Å². The summed E-state index contributed by atoms with van der Waals surface area (Å²) in [6.45, 7) is 0.493. The summed E-state index contributed by atoms with van der Waals surface area (Å²) in [6, 6.07) is 20.6. The maximum absolute atomic E-state index is 10.3. The van der Waals surface area contributed by atoms with Gasteiger partial charge in [0.15, 0.2) is 6.23 Å². The summed E-state index contributed by atoms with van der Waals surface area (Å²) >= 11 is 0. The van der Waals surface area contributed by atoms with Gasteiger partial charge in [-0.05, 0) is 46.2 Å². The molecule has 0 spiro atoms. The molecule has 4 N–H and O–H groups in total. The summed E-state index contributed by atoms with van der Waals surface area (Å²) in [5.41, 5.74) is 10.7. The molecule has 3 aromatic carbocycles. The Labute approximate surface area is 135 Å². The molecule has 0 bridgehead atoms. The van der Waals surface area contributed by atoms with Gasteiger partial charge in [-0.25, -0.2) is 0 Å². The lowest BCUT2D eigenvalue weighted by Crippen LogP contribution is -2.12. The van der Waals surface area contributed by atoms with Crippen molar-refractivity contribution in [1.29, 1.82) is 0 Å². The van der Waals surface area contributed by atoms with Gasteiger partial charge in [0.05, 0.1) is 0 Å². The normalized spacial score (nSPS) is 18.2. The molecule has 0 aliphatic carbocycles. The first kappa shape index (κ1) is 14.0. The minimum absolute atomic E-state index is 0.493. The molecule has 23 heavy (non-hydrogen) atoms. The molecule has 0 radical (unpaired) electrons. The third kappa shape index (κ3) is 2.50. The summed E-state index contributed by atoms with van der Waals surface area (Å²) < 4.78 is 0. The number of rotatable bonds is 2. The van der Waals surface area contributed by atoms with E-state index in [4.69, 9.17) is 5.73 Å². The SMILES string of the molecule is NCc1ccc2c(c1)C(=Cc1ccc3ccccc3c1)C(O)N2. The van der Waals surface area contributed by atoms with Crippen LogP contribution in [-0.2, 0) is 6.54 Å². The van der Waals surface area contributed by atoms with E-state index in [1.54, 1.807) is 0 Å². The number of nitrogens with two attached hydrogens (primary N) is 1. The van der Waals surface area contributed by atoms with Crippen molar-refractivity contribution in [3.05, 3.63) is 77.4 Å². The van der Waals surface area contributed by atoms with Crippen LogP contribution in [0.15, 0.2) is 60.7 Å². The fourth-order valence-electron chi connectivity index (χ4n) is 3.09. The molecule has 3 heteroatoms. The van der Waals surface area contributed by atoms with Crippen LogP contribution >= 0.6 is 0 Å². The van der Waals surface area contributed by atoms with Gasteiger partial charge in [-0.1, -0.05) is 42.5 Å². The van der Waals surface area contributed by atoms with E-state index in [2.05, 4.69) is 35.6 Å². The minimum atomic E-state index is -0.690. The number of fused-ring (bicyclic) bond motifs is 2. The molecule has 0 amide bonds. The van der Waals surface area contributed by atoms with E-state index in [9.17, 15) is 5.11 Å². The van der Waals surface area contributed by atoms with Crippen molar-refractivity contribution >= 4 is 28.1 Å². The Morgan fingerprint density at radius 1 is 1.00 bits per heavy atom. The zero-order valence-corrected chi connectivity index (χ0v) is 12.7. The predicted molar refractivity (Wildman–Crippen MR) is 95.8 cm³/mol. The molecule has 3 aromatic rings. The van der Waals surface area contributed by atoms with Crippen LogP contribution in [-0.4, -0.2) is 11.3 Å². The van der Waals surface area contributed by atoms with E-state index >= 15 is 0 Å². The van der Waals surface area contributed by atoms with Crippen LogP contribution in [0.25, 0.3) is 22.4 Å². The number of aliphatic hydroxyl groups excluding tert-OH is 1. The Kier molecular flexibility index (Phi) is 3.37. The van der Waals surface area contributed by atoms with Crippen LogP contribution in [0.1, 0.15) is 16.7 Å². The zero-order chi connectivity index (χ0) is 15.8. The molecular weight excluding hydrogens is 284 g/mol. The molecule has 1 aliphatic heterocycles. The van der Waals surface area contributed by atoms with Crippen molar-refractivity contribution in [1.82, 2.24) is 0 Å². The molecule has 1 aliphatic rings. The van der Waals surface area contributed by atoms with Gasteiger partial charge in [0.1, 0.15) is 0 Å². The van der Waals surface area contributed by atoms with Crippen molar-refractivity contribution in [3.63, 3.8) is 0 Å². The van der Waals surface area contributed by atoms with Gasteiger partial charge in [0, 0.05) is 23.4 Å². The molecule has 1 unspecified atom stereocenters. The largest absolute Gasteiger partial charge is 0.369 e. The van der Waals surface area contributed by atoms with Crippen LogP contribution in [0, 0.1) is 0 Å². The van der Waals surface area contributed by atoms with Crippen LogP contribution < -0.4 is 11.1 Å². The number of hydrogen-bond acceptors (Lipinski definition) is 3. The van der Waals surface area contributed by atoms with Gasteiger partial charge in [0.25, 0.3) is 0 Å². The highest BCUT2D eigenvalue weighted by Gasteiger charge is 2.24. The summed E-state index contributed by atoms with van der Waals surface area (Å²) in [7, 11) is 0. The Balaban J connectivity index is 1.81. The molecule has 1 atom stereocenters. The van der Waals surface area contributed by atoms with Crippen molar-refractivity contribution in [2.24, 2.45) is 5.73 Å². The highest BCUT2D eigenvalue weighted by atomic mass is 16.3. The highest BCUT2D eigenvalue weighted by Crippen LogP contribution is 2.36. The van der Waals surface area contributed by atoms with Gasteiger partial charge in [-0.15, -0.1) is 0 Å². The second kappa shape index (κ2) is 5.54. The van der Waals surface area contributed by atoms with E-state index < -0.39 is 6.23 Å². The van der Waals surface area contributed by atoms with Crippen molar-refractivity contribution < 1.29 is 5.11 Å².